The van der Waals surface area contributed by atoms with Gasteiger partial charge in [0, 0.05) is 18.9 Å². The molecule has 90 valence electrons. The monoisotopic (exact) mass is 240 g/mol. The molecule has 16 heavy (non-hydrogen) atoms. The normalized spacial score (nSPS) is 12.6. The van der Waals surface area contributed by atoms with Gasteiger partial charge in [-0.15, -0.1) is 0 Å². The van der Waals surface area contributed by atoms with Crippen LogP contribution in [0, 0.1) is 0 Å². The summed E-state index contributed by atoms with van der Waals surface area (Å²) in [5, 5.41) is 13.1. The second kappa shape index (κ2) is 8.56. The summed E-state index contributed by atoms with van der Waals surface area (Å²) < 4.78 is 0. The average molecular weight is 240 g/mol. The molecule has 0 radical (unpaired) electrons. The molecule has 4 heteroatoms. The first-order chi connectivity index (χ1) is 7.84. The number of rotatable bonds is 8. The Balaban J connectivity index is 2.09. The summed E-state index contributed by atoms with van der Waals surface area (Å²) >= 11 is 1.95. The molecule has 0 aliphatic heterocycles. The van der Waals surface area contributed by atoms with E-state index in [4.69, 9.17) is 0 Å². The Labute approximate surface area is 102 Å². The molecule has 0 amide bonds. The van der Waals surface area contributed by atoms with E-state index in [-0.39, 0.29) is 0 Å². The highest BCUT2D eigenvalue weighted by Gasteiger charge is 2.05. The minimum atomic E-state index is -0.429. The van der Waals surface area contributed by atoms with Crippen molar-refractivity contribution in [2.75, 3.05) is 24.6 Å². The summed E-state index contributed by atoms with van der Waals surface area (Å²) in [6.45, 7) is 3.75. The van der Waals surface area contributed by atoms with Gasteiger partial charge in [0.25, 0.3) is 0 Å². The lowest BCUT2D eigenvalue weighted by molar-refractivity contribution is 0.175. The van der Waals surface area contributed by atoms with Crippen LogP contribution < -0.4 is 5.32 Å². The van der Waals surface area contributed by atoms with Gasteiger partial charge < -0.3 is 10.4 Å². The highest BCUT2D eigenvalue weighted by molar-refractivity contribution is 7.99. The Kier molecular flexibility index (Phi) is 7.21. The summed E-state index contributed by atoms with van der Waals surface area (Å²) in [7, 11) is 0. The van der Waals surface area contributed by atoms with Gasteiger partial charge in [0.2, 0.25) is 0 Å². The van der Waals surface area contributed by atoms with E-state index < -0.39 is 6.10 Å². The molecule has 2 N–H and O–H groups in total. The van der Waals surface area contributed by atoms with Crippen LogP contribution in [0.1, 0.15) is 25.0 Å². The standard InChI is InChI=1S/C12H20N2OS/c1-2-16-9-3-6-14-10-12(15)11-4-7-13-8-5-11/h4-5,7-8,12,14-15H,2-3,6,9-10H2,1H3. The van der Waals surface area contributed by atoms with Crippen molar-refractivity contribution in [3.8, 4) is 0 Å². The maximum absolute atomic E-state index is 9.83. The van der Waals surface area contributed by atoms with Crippen LogP contribution in [-0.4, -0.2) is 34.7 Å². The third-order valence-electron chi connectivity index (χ3n) is 2.27. The molecule has 0 saturated heterocycles. The van der Waals surface area contributed by atoms with Crippen molar-refractivity contribution in [3.63, 3.8) is 0 Å². The average Bonchev–Trinajstić information content (AvgIpc) is 2.34. The van der Waals surface area contributed by atoms with Gasteiger partial charge in [-0.2, -0.15) is 11.8 Å². The molecule has 0 aliphatic rings. The van der Waals surface area contributed by atoms with E-state index in [1.165, 1.54) is 11.5 Å². The van der Waals surface area contributed by atoms with E-state index >= 15 is 0 Å². The van der Waals surface area contributed by atoms with E-state index in [0.29, 0.717) is 6.54 Å². The molecule has 0 saturated carbocycles. The molecule has 0 fully saturated rings. The zero-order chi connectivity index (χ0) is 11.6. The molecule has 1 aromatic rings. The zero-order valence-corrected chi connectivity index (χ0v) is 10.5. The molecule has 1 aromatic heterocycles. The first kappa shape index (κ1) is 13.5. The third-order valence-corrected chi connectivity index (χ3v) is 3.26. The van der Waals surface area contributed by atoms with Crippen LogP contribution in [0.4, 0.5) is 0 Å². The fourth-order valence-corrected chi connectivity index (χ4v) is 2.02. The Morgan fingerprint density at radius 3 is 2.88 bits per heavy atom. The predicted octanol–water partition coefficient (Wildman–Crippen LogP) is 1.85. The van der Waals surface area contributed by atoms with Crippen molar-refractivity contribution in [1.82, 2.24) is 10.3 Å². The number of nitrogens with zero attached hydrogens (tertiary/aromatic N) is 1. The number of thioether (sulfide) groups is 1. The maximum Gasteiger partial charge on any atom is 0.0915 e. The first-order valence-electron chi connectivity index (χ1n) is 5.71. The number of nitrogens with one attached hydrogen (secondary N) is 1. The first-order valence-corrected chi connectivity index (χ1v) is 6.86. The third kappa shape index (κ3) is 5.49. The number of hydrogen-bond donors (Lipinski definition) is 2. The van der Waals surface area contributed by atoms with Gasteiger partial charge in [-0.1, -0.05) is 6.92 Å². The summed E-state index contributed by atoms with van der Waals surface area (Å²) in [5.74, 6) is 2.37. The van der Waals surface area contributed by atoms with Gasteiger partial charge in [-0.05, 0) is 42.2 Å². The van der Waals surface area contributed by atoms with Crippen molar-refractivity contribution < 1.29 is 5.11 Å². The Bertz CT molecular complexity index is 269. The predicted molar refractivity (Wildman–Crippen MR) is 69.7 cm³/mol. The molecule has 1 rings (SSSR count). The molecule has 1 unspecified atom stereocenters. The molecule has 0 aliphatic carbocycles. The van der Waals surface area contributed by atoms with E-state index in [1.807, 2.05) is 23.9 Å². The van der Waals surface area contributed by atoms with E-state index in [9.17, 15) is 5.11 Å². The van der Waals surface area contributed by atoms with Gasteiger partial charge in [0.1, 0.15) is 0 Å². The van der Waals surface area contributed by atoms with Crippen molar-refractivity contribution in [1.29, 1.82) is 0 Å². The van der Waals surface area contributed by atoms with Crippen LogP contribution in [0.3, 0.4) is 0 Å². The van der Waals surface area contributed by atoms with Crippen LogP contribution in [0.25, 0.3) is 0 Å². The van der Waals surface area contributed by atoms with Crippen LogP contribution in [-0.2, 0) is 0 Å². The highest BCUT2D eigenvalue weighted by Crippen LogP contribution is 2.09. The van der Waals surface area contributed by atoms with E-state index in [1.54, 1.807) is 12.4 Å². The molecule has 0 aromatic carbocycles. The lowest BCUT2D eigenvalue weighted by atomic mass is 10.1. The van der Waals surface area contributed by atoms with Gasteiger partial charge in [-0.25, -0.2) is 0 Å². The number of hydrogen-bond acceptors (Lipinski definition) is 4. The molecule has 0 bridgehead atoms. The Hall–Kier alpha value is -0.580. The summed E-state index contributed by atoms with van der Waals surface area (Å²) in [6.07, 6.45) is 4.14. The largest absolute Gasteiger partial charge is 0.387 e. The lowest BCUT2D eigenvalue weighted by Crippen LogP contribution is -2.22. The molecular weight excluding hydrogens is 220 g/mol. The van der Waals surface area contributed by atoms with Crippen molar-refractivity contribution in [3.05, 3.63) is 30.1 Å². The van der Waals surface area contributed by atoms with Gasteiger partial charge >= 0.3 is 0 Å². The maximum atomic E-state index is 9.83. The quantitative estimate of drug-likeness (QED) is 0.681. The van der Waals surface area contributed by atoms with Crippen LogP contribution in [0.2, 0.25) is 0 Å². The number of aliphatic hydroxyl groups excluding tert-OH is 1. The van der Waals surface area contributed by atoms with E-state index in [2.05, 4.69) is 17.2 Å². The smallest absolute Gasteiger partial charge is 0.0915 e. The fraction of sp³-hybridized carbons (Fsp3) is 0.583. The molecule has 0 spiro atoms. The SMILES string of the molecule is CCSCCCNCC(O)c1ccncc1. The second-order valence-corrected chi connectivity index (χ2v) is 4.94. The molecule has 1 atom stereocenters. The van der Waals surface area contributed by atoms with Crippen LogP contribution in [0.5, 0.6) is 0 Å². The lowest BCUT2D eigenvalue weighted by Gasteiger charge is -2.11. The van der Waals surface area contributed by atoms with Crippen molar-refractivity contribution >= 4 is 11.8 Å². The molecular formula is C12H20N2OS. The van der Waals surface area contributed by atoms with Crippen molar-refractivity contribution in [2.24, 2.45) is 0 Å². The van der Waals surface area contributed by atoms with Crippen LogP contribution >= 0.6 is 11.8 Å². The van der Waals surface area contributed by atoms with E-state index in [0.717, 1.165) is 18.5 Å². The summed E-state index contributed by atoms with van der Waals surface area (Å²) in [5.41, 5.74) is 0.922. The second-order valence-electron chi connectivity index (χ2n) is 3.55. The summed E-state index contributed by atoms with van der Waals surface area (Å²) in [6, 6.07) is 3.69. The highest BCUT2D eigenvalue weighted by atomic mass is 32.2. The Morgan fingerprint density at radius 1 is 1.44 bits per heavy atom. The Morgan fingerprint density at radius 2 is 2.19 bits per heavy atom. The van der Waals surface area contributed by atoms with Crippen LogP contribution in [0.15, 0.2) is 24.5 Å². The summed E-state index contributed by atoms with van der Waals surface area (Å²) in [4.78, 5) is 3.92. The topological polar surface area (TPSA) is 45.1 Å². The van der Waals surface area contributed by atoms with Crippen molar-refractivity contribution in [2.45, 2.75) is 19.4 Å². The molecule has 3 nitrogen and oxygen atoms in total. The molecule has 1 heterocycles. The fourth-order valence-electron chi connectivity index (χ4n) is 1.39. The van der Waals surface area contributed by atoms with Gasteiger partial charge in [0.15, 0.2) is 0 Å². The number of aromatic nitrogens is 1. The number of aliphatic hydroxyl groups is 1. The zero-order valence-electron chi connectivity index (χ0n) is 9.72. The minimum Gasteiger partial charge on any atom is -0.387 e. The minimum absolute atomic E-state index is 0.429. The van der Waals surface area contributed by atoms with Gasteiger partial charge in [0.05, 0.1) is 6.10 Å². The number of pyridine rings is 1. The van der Waals surface area contributed by atoms with Gasteiger partial charge in [-0.3, -0.25) is 4.98 Å².